The number of anilines is 1. The Morgan fingerprint density at radius 2 is 2.21 bits per heavy atom. The summed E-state index contributed by atoms with van der Waals surface area (Å²) in [5, 5.41) is 13.8. The number of aromatic nitrogens is 4. The predicted molar refractivity (Wildman–Crippen MR) is 97.1 cm³/mol. The molecule has 2 N–H and O–H groups in total. The zero-order chi connectivity index (χ0) is 16.5. The highest BCUT2D eigenvalue weighted by Crippen LogP contribution is 2.24. The smallest absolute Gasteiger partial charge is 0.265 e. The van der Waals surface area contributed by atoms with E-state index in [0.717, 1.165) is 41.3 Å². The van der Waals surface area contributed by atoms with E-state index in [1.54, 1.807) is 0 Å². The summed E-state index contributed by atoms with van der Waals surface area (Å²) in [4.78, 5) is 7.75. The van der Waals surface area contributed by atoms with Crippen LogP contribution in [0, 0.1) is 12.8 Å². The zero-order valence-corrected chi connectivity index (χ0v) is 13.9. The second kappa shape index (κ2) is 6.03. The summed E-state index contributed by atoms with van der Waals surface area (Å²) in [6, 6.07) is 6.20. The third kappa shape index (κ3) is 2.87. The van der Waals surface area contributed by atoms with Crippen LogP contribution in [0.15, 0.2) is 34.9 Å². The van der Waals surface area contributed by atoms with E-state index in [0.29, 0.717) is 11.9 Å². The number of benzene rings is 1. The van der Waals surface area contributed by atoms with Gasteiger partial charge in [-0.05, 0) is 51.2 Å². The van der Waals surface area contributed by atoms with Crippen molar-refractivity contribution in [2.45, 2.75) is 33.1 Å². The predicted octanol–water partition coefficient (Wildman–Crippen LogP) is 3.96. The monoisotopic (exact) mass is 320 g/mol. The number of hydrogen-bond donors (Lipinski definition) is 2. The minimum absolute atomic E-state index is 0.407. The van der Waals surface area contributed by atoms with Gasteiger partial charge < -0.3 is 4.98 Å². The number of fused-ring (bicyclic) bond motifs is 3. The van der Waals surface area contributed by atoms with Crippen LogP contribution in [-0.4, -0.2) is 26.4 Å². The van der Waals surface area contributed by atoms with Gasteiger partial charge in [-0.3, -0.25) is 0 Å². The van der Waals surface area contributed by atoms with Crippen molar-refractivity contribution >= 4 is 34.2 Å². The molecular weight excluding hydrogens is 300 g/mol. The van der Waals surface area contributed by atoms with Crippen LogP contribution in [0.5, 0.6) is 0 Å². The van der Waals surface area contributed by atoms with E-state index in [2.05, 4.69) is 62.7 Å². The van der Waals surface area contributed by atoms with Crippen LogP contribution in [0.2, 0.25) is 0 Å². The molecule has 0 saturated carbocycles. The molecule has 6 heteroatoms. The Morgan fingerprint density at radius 1 is 1.29 bits per heavy atom. The average molecular weight is 320 g/mol. The van der Waals surface area contributed by atoms with E-state index in [1.807, 2.05) is 12.3 Å². The van der Waals surface area contributed by atoms with Gasteiger partial charge in [-0.15, -0.1) is 10.2 Å². The average Bonchev–Trinajstić information content (AvgIpc) is 2.94. The molecule has 0 fully saturated rings. The van der Waals surface area contributed by atoms with E-state index >= 15 is 0 Å². The van der Waals surface area contributed by atoms with Gasteiger partial charge in [0.05, 0.1) is 0 Å². The van der Waals surface area contributed by atoms with Crippen LogP contribution in [0.1, 0.15) is 31.7 Å². The number of aromatic amines is 1. The molecule has 0 spiro atoms. The van der Waals surface area contributed by atoms with E-state index in [4.69, 9.17) is 0 Å². The van der Waals surface area contributed by atoms with Crippen molar-refractivity contribution in [1.29, 1.82) is 0 Å². The second-order valence-electron chi connectivity index (χ2n) is 6.48. The molecular formula is C18H20N6. The summed E-state index contributed by atoms with van der Waals surface area (Å²) in [6.07, 6.45) is 7.58. The third-order valence-electron chi connectivity index (χ3n) is 4.50. The molecule has 1 aromatic carbocycles. The zero-order valence-electron chi connectivity index (χ0n) is 13.9. The van der Waals surface area contributed by atoms with Crippen molar-refractivity contribution in [2.24, 2.45) is 11.0 Å². The first kappa shape index (κ1) is 14.8. The molecule has 0 radical (unpaired) electrons. The summed E-state index contributed by atoms with van der Waals surface area (Å²) in [5.74, 6) is 0.888. The highest BCUT2D eigenvalue weighted by Gasteiger charge is 2.11. The van der Waals surface area contributed by atoms with Crippen molar-refractivity contribution in [3.63, 3.8) is 0 Å². The van der Waals surface area contributed by atoms with Gasteiger partial charge in [0, 0.05) is 17.1 Å². The number of H-pyrrole nitrogens is 1. The van der Waals surface area contributed by atoms with Gasteiger partial charge in [-0.25, -0.2) is 5.43 Å². The number of rotatable bonds is 3. The first-order chi connectivity index (χ1) is 11.7. The van der Waals surface area contributed by atoms with Crippen molar-refractivity contribution in [3.8, 4) is 0 Å². The largest absolute Gasteiger partial charge is 0.338 e. The highest BCUT2D eigenvalue weighted by molar-refractivity contribution is 6.03. The Hall–Kier alpha value is -2.76. The second-order valence-corrected chi connectivity index (χ2v) is 6.48. The molecule has 122 valence electrons. The van der Waals surface area contributed by atoms with E-state index in [9.17, 15) is 0 Å². The van der Waals surface area contributed by atoms with Crippen LogP contribution in [0.4, 0.5) is 5.95 Å². The maximum atomic E-state index is 4.47. The number of hydrazone groups is 1. The van der Waals surface area contributed by atoms with Crippen LogP contribution in [0.3, 0.4) is 0 Å². The Bertz CT molecular complexity index is 953. The maximum Gasteiger partial charge on any atom is 0.265 e. The lowest BCUT2D eigenvalue weighted by molar-refractivity contribution is 0.607. The minimum Gasteiger partial charge on any atom is -0.338 e. The SMILES string of the molecule is CC1=CC[C@H](C=NNc2nnc3c(n2)[nH]c2ccc(C)cc23)CC1. The summed E-state index contributed by atoms with van der Waals surface area (Å²) in [6.45, 7) is 4.24. The van der Waals surface area contributed by atoms with Gasteiger partial charge in [0.15, 0.2) is 5.65 Å². The van der Waals surface area contributed by atoms with Crippen molar-refractivity contribution in [1.82, 2.24) is 20.2 Å². The molecule has 1 aliphatic rings. The van der Waals surface area contributed by atoms with Crippen molar-refractivity contribution in [2.75, 3.05) is 5.43 Å². The quantitative estimate of drug-likeness (QED) is 0.435. The summed E-state index contributed by atoms with van der Waals surface area (Å²) < 4.78 is 0. The van der Waals surface area contributed by atoms with Crippen LogP contribution in [-0.2, 0) is 0 Å². The molecule has 0 saturated heterocycles. The lowest BCUT2D eigenvalue weighted by atomic mass is 9.91. The van der Waals surface area contributed by atoms with Gasteiger partial charge in [0.25, 0.3) is 5.95 Å². The maximum absolute atomic E-state index is 4.47. The van der Waals surface area contributed by atoms with E-state index in [1.165, 1.54) is 11.1 Å². The number of nitrogens with one attached hydrogen (secondary N) is 2. The number of hydrogen-bond acceptors (Lipinski definition) is 5. The fraction of sp³-hybridized carbons (Fsp3) is 0.333. The molecule has 24 heavy (non-hydrogen) atoms. The van der Waals surface area contributed by atoms with Gasteiger partial charge in [-0.2, -0.15) is 10.1 Å². The number of allylic oxidation sites excluding steroid dienone is 2. The summed E-state index contributed by atoms with van der Waals surface area (Å²) >= 11 is 0. The summed E-state index contributed by atoms with van der Waals surface area (Å²) in [5.41, 5.74) is 8.08. The summed E-state index contributed by atoms with van der Waals surface area (Å²) in [7, 11) is 0. The van der Waals surface area contributed by atoms with Crippen LogP contribution >= 0.6 is 0 Å². The molecule has 0 unspecified atom stereocenters. The Morgan fingerprint density at radius 3 is 3.04 bits per heavy atom. The highest BCUT2D eigenvalue weighted by atomic mass is 15.4. The molecule has 0 bridgehead atoms. The molecule has 3 aromatic rings. The first-order valence-electron chi connectivity index (χ1n) is 8.26. The normalized spacial score (nSPS) is 18.4. The van der Waals surface area contributed by atoms with Crippen LogP contribution in [0.25, 0.3) is 22.1 Å². The third-order valence-corrected chi connectivity index (χ3v) is 4.50. The molecule has 1 atom stereocenters. The topological polar surface area (TPSA) is 78.8 Å². The Labute approximate surface area is 140 Å². The lowest BCUT2D eigenvalue weighted by Crippen LogP contribution is -2.07. The number of nitrogens with zero attached hydrogens (tertiary/aromatic N) is 4. The first-order valence-corrected chi connectivity index (χ1v) is 8.26. The van der Waals surface area contributed by atoms with Crippen molar-refractivity contribution < 1.29 is 0 Å². The fourth-order valence-corrected chi connectivity index (χ4v) is 3.05. The van der Waals surface area contributed by atoms with E-state index in [-0.39, 0.29) is 0 Å². The lowest BCUT2D eigenvalue weighted by Gasteiger charge is -2.15. The molecule has 0 amide bonds. The standard InChI is InChI=1S/C18H20N6/c1-11-3-6-13(7-4-11)10-19-23-18-21-17-16(22-24-18)14-9-12(2)5-8-15(14)20-17/h3,5,8-10,13H,4,6-7H2,1-2H3,(H2,20,21,23,24)/t13-/m0/s1. The van der Waals surface area contributed by atoms with Gasteiger partial charge in [-0.1, -0.05) is 23.3 Å². The Balaban J connectivity index is 1.54. The Kier molecular flexibility index (Phi) is 3.72. The van der Waals surface area contributed by atoms with E-state index < -0.39 is 0 Å². The minimum atomic E-state index is 0.407. The molecule has 6 nitrogen and oxygen atoms in total. The van der Waals surface area contributed by atoms with Gasteiger partial charge in [0.1, 0.15) is 5.52 Å². The molecule has 1 aliphatic carbocycles. The molecule has 2 aromatic heterocycles. The molecule has 2 heterocycles. The van der Waals surface area contributed by atoms with Crippen LogP contribution < -0.4 is 5.43 Å². The number of aryl methyl sites for hydroxylation is 1. The molecule has 4 rings (SSSR count). The fourth-order valence-electron chi connectivity index (χ4n) is 3.05. The molecule has 0 aliphatic heterocycles. The van der Waals surface area contributed by atoms with Gasteiger partial charge in [0.2, 0.25) is 0 Å². The van der Waals surface area contributed by atoms with Gasteiger partial charge >= 0.3 is 0 Å². The van der Waals surface area contributed by atoms with Crippen molar-refractivity contribution in [3.05, 3.63) is 35.4 Å².